The minimum atomic E-state index is 0.567. The highest BCUT2D eigenvalue weighted by molar-refractivity contribution is 4.98. The number of hydrogen-bond acceptors (Lipinski definition) is 3. The van der Waals surface area contributed by atoms with Crippen LogP contribution in [0, 0.1) is 0 Å². The van der Waals surface area contributed by atoms with Crippen molar-refractivity contribution < 1.29 is 4.42 Å². The highest BCUT2D eigenvalue weighted by atomic mass is 16.3. The molecular formula is C12H20N2O. The van der Waals surface area contributed by atoms with E-state index in [-0.39, 0.29) is 0 Å². The second-order valence-corrected chi connectivity index (χ2v) is 4.57. The van der Waals surface area contributed by atoms with Crippen LogP contribution in [0.3, 0.4) is 0 Å². The summed E-state index contributed by atoms with van der Waals surface area (Å²) in [6.45, 7) is 7.69. The van der Waals surface area contributed by atoms with Gasteiger partial charge in [0, 0.05) is 25.2 Å². The number of nitrogens with zero attached hydrogens (tertiary/aromatic N) is 1. The predicted molar refractivity (Wildman–Crippen MR) is 60.7 cm³/mol. The Kier molecular flexibility index (Phi) is 3.44. The molecule has 0 saturated carbocycles. The SMILES string of the molecule is CC1CCN(Cc2ccco2)CC(C)N1. The third kappa shape index (κ3) is 3.08. The van der Waals surface area contributed by atoms with Gasteiger partial charge in [0.05, 0.1) is 12.8 Å². The second-order valence-electron chi connectivity index (χ2n) is 4.57. The highest BCUT2D eigenvalue weighted by Gasteiger charge is 2.18. The van der Waals surface area contributed by atoms with Crippen molar-refractivity contribution >= 4 is 0 Å². The second kappa shape index (κ2) is 4.81. The van der Waals surface area contributed by atoms with Gasteiger partial charge in [-0.1, -0.05) is 0 Å². The molecule has 15 heavy (non-hydrogen) atoms. The maximum absolute atomic E-state index is 5.38. The molecule has 2 heterocycles. The third-order valence-electron chi connectivity index (χ3n) is 2.94. The van der Waals surface area contributed by atoms with Crippen LogP contribution in [0.2, 0.25) is 0 Å². The van der Waals surface area contributed by atoms with Gasteiger partial charge in [0.25, 0.3) is 0 Å². The number of hydrogen-bond donors (Lipinski definition) is 1. The molecular weight excluding hydrogens is 188 g/mol. The fourth-order valence-corrected chi connectivity index (χ4v) is 2.24. The van der Waals surface area contributed by atoms with E-state index in [1.54, 1.807) is 6.26 Å². The van der Waals surface area contributed by atoms with E-state index in [9.17, 15) is 0 Å². The zero-order valence-corrected chi connectivity index (χ0v) is 9.57. The molecule has 1 saturated heterocycles. The molecule has 2 atom stereocenters. The van der Waals surface area contributed by atoms with Gasteiger partial charge in [-0.25, -0.2) is 0 Å². The molecule has 2 rings (SSSR count). The van der Waals surface area contributed by atoms with Crippen molar-refractivity contribution in [2.45, 2.75) is 38.9 Å². The quantitative estimate of drug-likeness (QED) is 0.804. The summed E-state index contributed by atoms with van der Waals surface area (Å²) in [6.07, 6.45) is 2.96. The maximum atomic E-state index is 5.38. The summed E-state index contributed by atoms with van der Waals surface area (Å²) in [7, 11) is 0. The average Bonchev–Trinajstić information content (AvgIpc) is 2.61. The molecule has 0 bridgehead atoms. The van der Waals surface area contributed by atoms with Gasteiger partial charge in [0.1, 0.15) is 5.76 Å². The minimum absolute atomic E-state index is 0.567. The predicted octanol–water partition coefficient (Wildman–Crippen LogP) is 1.85. The molecule has 0 radical (unpaired) electrons. The third-order valence-corrected chi connectivity index (χ3v) is 2.94. The van der Waals surface area contributed by atoms with Crippen LogP contribution in [0.1, 0.15) is 26.0 Å². The first kappa shape index (κ1) is 10.7. The molecule has 2 unspecified atom stereocenters. The first-order valence-corrected chi connectivity index (χ1v) is 5.75. The summed E-state index contributed by atoms with van der Waals surface area (Å²) >= 11 is 0. The number of nitrogens with one attached hydrogen (secondary N) is 1. The lowest BCUT2D eigenvalue weighted by Crippen LogP contribution is -2.37. The molecule has 1 aliphatic heterocycles. The fourth-order valence-electron chi connectivity index (χ4n) is 2.24. The summed E-state index contributed by atoms with van der Waals surface area (Å²) in [5.41, 5.74) is 0. The van der Waals surface area contributed by atoms with Crippen molar-refractivity contribution in [3.05, 3.63) is 24.2 Å². The molecule has 0 amide bonds. The van der Waals surface area contributed by atoms with E-state index in [0.29, 0.717) is 12.1 Å². The highest BCUT2D eigenvalue weighted by Crippen LogP contribution is 2.10. The van der Waals surface area contributed by atoms with Crippen molar-refractivity contribution in [2.24, 2.45) is 0 Å². The van der Waals surface area contributed by atoms with Crippen molar-refractivity contribution in [2.75, 3.05) is 13.1 Å². The Morgan fingerprint density at radius 3 is 3.07 bits per heavy atom. The summed E-state index contributed by atoms with van der Waals surface area (Å²) in [5, 5.41) is 3.58. The molecule has 3 heteroatoms. The van der Waals surface area contributed by atoms with Gasteiger partial charge in [-0.3, -0.25) is 4.90 Å². The lowest BCUT2D eigenvalue weighted by Gasteiger charge is -2.20. The van der Waals surface area contributed by atoms with Crippen molar-refractivity contribution in [1.82, 2.24) is 10.2 Å². The molecule has 0 spiro atoms. The molecule has 0 aromatic carbocycles. The topological polar surface area (TPSA) is 28.4 Å². The van der Waals surface area contributed by atoms with Crippen LogP contribution < -0.4 is 5.32 Å². The summed E-state index contributed by atoms with van der Waals surface area (Å²) in [6, 6.07) is 5.20. The molecule has 1 aliphatic rings. The van der Waals surface area contributed by atoms with Gasteiger partial charge in [0.15, 0.2) is 0 Å². The van der Waals surface area contributed by atoms with E-state index in [4.69, 9.17) is 4.42 Å². The van der Waals surface area contributed by atoms with E-state index in [1.807, 2.05) is 12.1 Å². The fraction of sp³-hybridized carbons (Fsp3) is 0.667. The normalized spacial score (nSPS) is 28.9. The summed E-state index contributed by atoms with van der Waals surface area (Å²) in [4.78, 5) is 2.46. The number of furan rings is 1. The standard InChI is InChI=1S/C12H20N2O/c1-10-5-6-14(8-11(2)13-10)9-12-4-3-7-15-12/h3-4,7,10-11,13H,5-6,8-9H2,1-2H3. The van der Waals surface area contributed by atoms with Gasteiger partial charge >= 0.3 is 0 Å². The van der Waals surface area contributed by atoms with Crippen LogP contribution in [0.4, 0.5) is 0 Å². The van der Waals surface area contributed by atoms with Gasteiger partial charge in [-0.15, -0.1) is 0 Å². The molecule has 84 valence electrons. The molecule has 1 N–H and O–H groups in total. The largest absolute Gasteiger partial charge is 0.468 e. The van der Waals surface area contributed by atoms with Gasteiger partial charge in [-0.05, 0) is 32.4 Å². The van der Waals surface area contributed by atoms with Crippen molar-refractivity contribution in [3.63, 3.8) is 0 Å². The molecule has 1 aromatic heterocycles. The number of rotatable bonds is 2. The van der Waals surface area contributed by atoms with Crippen LogP contribution in [-0.2, 0) is 6.54 Å². The smallest absolute Gasteiger partial charge is 0.117 e. The molecule has 1 fully saturated rings. The summed E-state index contributed by atoms with van der Waals surface area (Å²) < 4.78 is 5.38. The van der Waals surface area contributed by atoms with Crippen molar-refractivity contribution in [3.8, 4) is 0 Å². The zero-order chi connectivity index (χ0) is 10.7. The van der Waals surface area contributed by atoms with Crippen molar-refractivity contribution in [1.29, 1.82) is 0 Å². The maximum Gasteiger partial charge on any atom is 0.117 e. The van der Waals surface area contributed by atoms with Crippen LogP contribution in [0.25, 0.3) is 0 Å². The van der Waals surface area contributed by atoms with Crippen LogP contribution in [0.5, 0.6) is 0 Å². The van der Waals surface area contributed by atoms with E-state index in [1.165, 1.54) is 6.42 Å². The lowest BCUT2D eigenvalue weighted by atomic mass is 10.2. The molecule has 3 nitrogen and oxygen atoms in total. The van der Waals surface area contributed by atoms with Crippen LogP contribution in [0.15, 0.2) is 22.8 Å². The Bertz CT molecular complexity index is 284. The van der Waals surface area contributed by atoms with Gasteiger partial charge in [0.2, 0.25) is 0 Å². The first-order chi connectivity index (χ1) is 7.24. The Balaban J connectivity index is 1.91. The van der Waals surface area contributed by atoms with E-state index in [2.05, 4.69) is 24.1 Å². The monoisotopic (exact) mass is 208 g/mol. The minimum Gasteiger partial charge on any atom is -0.468 e. The van der Waals surface area contributed by atoms with E-state index in [0.717, 1.165) is 25.4 Å². The van der Waals surface area contributed by atoms with Gasteiger partial charge < -0.3 is 9.73 Å². The average molecular weight is 208 g/mol. The Labute approximate surface area is 91.4 Å². The Morgan fingerprint density at radius 1 is 1.47 bits per heavy atom. The zero-order valence-electron chi connectivity index (χ0n) is 9.57. The van der Waals surface area contributed by atoms with Gasteiger partial charge in [-0.2, -0.15) is 0 Å². The molecule has 1 aromatic rings. The Morgan fingerprint density at radius 2 is 2.33 bits per heavy atom. The van der Waals surface area contributed by atoms with Crippen LogP contribution in [-0.4, -0.2) is 30.1 Å². The lowest BCUT2D eigenvalue weighted by molar-refractivity contribution is 0.243. The van der Waals surface area contributed by atoms with E-state index >= 15 is 0 Å². The Hall–Kier alpha value is -0.800. The van der Waals surface area contributed by atoms with E-state index < -0.39 is 0 Å². The summed E-state index contributed by atoms with van der Waals surface area (Å²) in [5.74, 6) is 1.07. The first-order valence-electron chi connectivity index (χ1n) is 5.75. The van der Waals surface area contributed by atoms with Crippen LogP contribution >= 0.6 is 0 Å². The molecule has 0 aliphatic carbocycles.